The van der Waals surface area contributed by atoms with Gasteiger partial charge in [0, 0.05) is 24.7 Å². The standard InChI is InChI=1S/C13H13ClN4O3/c1-2-5-15-12-7-13(17-8-16-12)21-11-4-3-9(18(19)20)6-10(11)14/h3-4,6-8H,2,5H2,1H3,(H,15,16,17). The summed E-state index contributed by atoms with van der Waals surface area (Å²) in [6.45, 7) is 2.83. The molecule has 0 spiro atoms. The van der Waals surface area contributed by atoms with Crippen LogP contribution >= 0.6 is 11.6 Å². The van der Waals surface area contributed by atoms with E-state index in [0.29, 0.717) is 17.4 Å². The summed E-state index contributed by atoms with van der Waals surface area (Å²) in [6, 6.07) is 5.61. The van der Waals surface area contributed by atoms with Gasteiger partial charge in [0.2, 0.25) is 5.88 Å². The average molecular weight is 309 g/mol. The molecule has 0 saturated heterocycles. The van der Waals surface area contributed by atoms with Crippen molar-refractivity contribution in [1.29, 1.82) is 0 Å². The Labute approximate surface area is 126 Å². The van der Waals surface area contributed by atoms with Crippen LogP contribution < -0.4 is 10.1 Å². The molecule has 0 aliphatic heterocycles. The maximum Gasteiger partial charge on any atom is 0.271 e. The number of nitro benzene ring substituents is 1. The molecule has 110 valence electrons. The first kappa shape index (κ1) is 15.0. The number of rotatable bonds is 6. The lowest BCUT2D eigenvalue weighted by molar-refractivity contribution is -0.384. The molecular weight excluding hydrogens is 296 g/mol. The molecule has 1 heterocycles. The average Bonchev–Trinajstić information content (AvgIpc) is 2.47. The van der Waals surface area contributed by atoms with Gasteiger partial charge in [-0.1, -0.05) is 18.5 Å². The number of ether oxygens (including phenoxy) is 1. The number of nitro groups is 1. The van der Waals surface area contributed by atoms with E-state index in [-0.39, 0.29) is 10.7 Å². The second kappa shape index (κ2) is 6.85. The zero-order chi connectivity index (χ0) is 15.2. The third-order valence-corrected chi connectivity index (χ3v) is 2.83. The molecule has 8 heteroatoms. The maximum atomic E-state index is 10.6. The van der Waals surface area contributed by atoms with Crippen molar-refractivity contribution in [3.05, 3.63) is 45.7 Å². The monoisotopic (exact) mass is 308 g/mol. The fourth-order valence-corrected chi connectivity index (χ4v) is 1.76. The minimum atomic E-state index is -0.521. The molecule has 0 aliphatic carbocycles. The molecule has 2 rings (SSSR count). The highest BCUT2D eigenvalue weighted by Gasteiger charge is 2.11. The topological polar surface area (TPSA) is 90.2 Å². The number of nitrogens with one attached hydrogen (secondary N) is 1. The molecular formula is C13H13ClN4O3. The Bertz CT molecular complexity index is 651. The molecule has 0 unspecified atom stereocenters. The number of nitrogens with zero attached hydrogens (tertiary/aromatic N) is 3. The van der Waals surface area contributed by atoms with Crippen LogP contribution in [-0.2, 0) is 0 Å². The van der Waals surface area contributed by atoms with Crippen molar-refractivity contribution < 1.29 is 9.66 Å². The van der Waals surface area contributed by atoms with E-state index in [1.165, 1.54) is 24.5 Å². The van der Waals surface area contributed by atoms with Crippen LogP contribution in [0.5, 0.6) is 11.6 Å². The van der Waals surface area contributed by atoms with E-state index in [2.05, 4.69) is 15.3 Å². The van der Waals surface area contributed by atoms with Crippen LogP contribution in [0.2, 0.25) is 5.02 Å². The molecule has 0 atom stereocenters. The van der Waals surface area contributed by atoms with Crippen molar-refractivity contribution in [2.24, 2.45) is 0 Å². The Morgan fingerprint density at radius 2 is 2.19 bits per heavy atom. The Morgan fingerprint density at radius 3 is 2.86 bits per heavy atom. The van der Waals surface area contributed by atoms with Crippen molar-refractivity contribution in [1.82, 2.24) is 9.97 Å². The minimum absolute atomic E-state index is 0.0969. The lowest BCUT2D eigenvalue weighted by Gasteiger charge is -2.08. The largest absolute Gasteiger partial charge is 0.437 e. The minimum Gasteiger partial charge on any atom is -0.437 e. The van der Waals surface area contributed by atoms with Gasteiger partial charge in [-0.25, -0.2) is 9.97 Å². The van der Waals surface area contributed by atoms with Gasteiger partial charge >= 0.3 is 0 Å². The molecule has 1 aromatic heterocycles. The first-order valence-electron chi connectivity index (χ1n) is 6.28. The third-order valence-electron chi connectivity index (χ3n) is 2.54. The fraction of sp³-hybridized carbons (Fsp3) is 0.231. The number of benzene rings is 1. The normalized spacial score (nSPS) is 10.2. The Hall–Kier alpha value is -2.41. The Kier molecular flexibility index (Phi) is 4.89. The Morgan fingerprint density at radius 1 is 1.38 bits per heavy atom. The van der Waals surface area contributed by atoms with Gasteiger partial charge in [-0.15, -0.1) is 0 Å². The molecule has 21 heavy (non-hydrogen) atoms. The van der Waals surface area contributed by atoms with Crippen LogP contribution in [0.15, 0.2) is 30.6 Å². The van der Waals surface area contributed by atoms with Gasteiger partial charge in [0.25, 0.3) is 5.69 Å². The quantitative estimate of drug-likeness (QED) is 0.647. The van der Waals surface area contributed by atoms with Crippen molar-refractivity contribution in [3.8, 4) is 11.6 Å². The maximum absolute atomic E-state index is 10.6. The summed E-state index contributed by atoms with van der Waals surface area (Å²) < 4.78 is 5.52. The van der Waals surface area contributed by atoms with Crippen LogP contribution in [0.1, 0.15) is 13.3 Å². The first-order chi connectivity index (χ1) is 10.1. The van der Waals surface area contributed by atoms with E-state index >= 15 is 0 Å². The van der Waals surface area contributed by atoms with Gasteiger partial charge in [-0.05, 0) is 12.5 Å². The van der Waals surface area contributed by atoms with Crippen molar-refractivity contribution >= 4 is 23.1 Å². The summed E-state index contributed by atoms with van der Waals surface area (Å²) in [4.78, 5) is 18.2. The predicted octanol–water partition coefficient (Wildman–Crippen LogP) is 3.65. The van der Waals surface area contributed by atoms with Gasteiger partial charge < -0.3 is 10.1 Å². The van der Waals surface area contributed by atoms with Crippen molar-refractivity contribution in [2.75, 3.05) is 11.9 Å². The van der Waals surface area contributed by atoms with Crippen molar-refractivity contribution in [3.63, 3.8) is 0 Å². The summed E-state index contributed by atoms with van der Waals surface area (Å²) in [5, 5.41) is 13.9. The third kappa shape index (κ3) is 4.03. The predicted molar refractivity (Wildman–Crippen MR) is 79.0 cm³/mol. The molecule has 1 aromatic carbocycles. The molecule has 0 fully saturated rings. The highest BCUT2D eigenvalue weighted by Crippen LogP contribution is 2.31. The van der Waals surface area contributed by atoms with E-state index in [0.717, 1.165) is 13.0 Å². The summed E-state index contributed by atoms with van der Waals surface area (Å²) in [6.07, 6.45) is 2.33. The zero-order valence-electron chi connectivity index (χ0n) is 11.2. The molecule has 0 radical (unpaired) electrons. The van der Waals surface area contributed by atoms with Gasteiger partial charge in [-0.2, -0.15) is 0 Å². The van der Waals surface area contributed by atoms with E-state index < -0.39 is 4.92 Å². The van der Waals surface area contributed by atoms with E-state index in [1.807, 2.05) is 6.92 Å². The van der Waals surface area contributed by atoms with Crippen LogP contribution in [0.4, 0.5) is 11.5 Å². The zero-order valence-corrected chi connectivity index (χ0v) is 12.0. The van der Waals surface area contributed by atoms with Gasteiger partial charge in [-0.3, -0.25) is 10.1 Å². The molecule has 7 nitrogen and oxygen atoms in total. The van der Waals surface area contributed by atoms with Crippen molar-refractivity contribution in [2.45, 2.75) is 13.3 Å². The smallest absolute Gasteiger partial charge is 0.271 e. The number of non-ortho nitro benzene ring substituents is 1. The van der Waals surface area contributed by atoms with Gasteiger partial charge in [0.05, 0.1) is 9.95 Å². The van der Waals surface area contributed by atoms with E-state index in [4.69, 9.17) is 16.3 Å². The van der Waals surface area contributed by atoms with E-state index in [9.17, 15) is 10.1 Å². The lowest BCUT2D eigenvalue weighted by Crippen LogP contribution is -2.02. The fourth-order valence-electron chi connectivity index (χ4n) is 1.54. The number of anilines is 1. The Balaban J connectivity index is 2.16. The highest BCUT2D eigenvalue weighted by atomic mass is 35.5. The lowest BCUT2D eigenvalue weighted by atomic mass is 10.3. The molecule has 0 saturated carbocycles. The number of halogens is 1. The molecule has 0 aliphatic rings. The van der Waals surface area contributed by atoms with Crippen LogP contribution in [0, 0.1) is 10.1 Å². The van der Waals surface area contributed by atoms with Crippen LogP contribution in [0.25, 0.3) is 0 Å². The summed E-state index contributed by atoms with van der Waals surface area (Å²) in [5.74, 6) is 1.24. The number of hydrogen-bond acceptors (Lipinski definition) is 6. The van der Waals surface area contributed by atoms with Gasteiger partial charge in [0.15, 0.2) is 0 Å². The first-order valence-corrected chi connectivity index (χ1v) is 6.65. The second-order valence-corrected chi connectivity index (χ2v) is 4.55. The molecule has 0 bridgehead atoms. The SMILES string of the molecule is CCCNc1cc(Oc2ccc([N+](=O)[O-])cc2Cl)ncn1. The molecule has 2 aromatic rings. The van der Waals surface area contributed by atoms with Crippen LogP contribution in [0.3, 0.4) is 0 Å². The highest BCUT2D eigenvalue weighted by molar-refractivity contribution is 6.32. The number of hydrogen-bond donors (Lipinski definition) is 1. The summed E-state index contributed by atoms with van der Waals surface area (Å²) in [5.41, 5.74) is -0.0969. The summed E-state index contributed by atoms with van der Waals surface area (Å²) >= 11 is 5.96. The number of aromatic nitrogens is 2. The second-order valence-electron chi connectivity index (χ2n) is 4.14. The van der Waals surface area contributed by atoms with E-state index in [1.54, 1.807) is 6.07 Å². The molecule has 0 amide bonds. The van der Waals surface area contributed by atoms with Gasteiger partial charge in [0.1, 0.15) is 17.9 Å². The van der Waals surface area contributed by atoms with Crippen LogP contribution in [-0.4, -0.2) is 21.4 Å². The molecule has 1 N–H and O–H groups in total. The summed E-state index contributed by atoms with van der Waals surface area (Å²) in [7, 11) is 0.